The molecule has 1 aliphatic heterocycles. The molecule has 0 bridgehead atoms. The summed E-state index contributed by atoms with van der Waals surface area (Å²) < 4.78 is 0. The maximum absolute atomic E-state index is 11.5. The lowest BCUT2D eigenvalue weighted by Gasteiger charge is -2.03. The number of carbonyl (C=O) groups excluding carboxylic acids is 1. The van der Waals surface area contributed by atoms with E-state index in [0.717, 1.165) is 25.9 Å². The van der Waals surface area contributed by atoms with Crippen LogP contribution in [0.25, 0.3) is 0 Å². The zero-order chi connectivity index (χ0) is 18.7. The predicted octanol–water partition coefficient (Wildman–Crippen LogP) is 7.43. The van der Waals surface area contributed by atoms with Gasteiger partial charge in [0.25, 0.3) is 0 Å². The third kappa shape index (κ3) is 15.5. The molecule has 1 fully saturated rings. The lowest BCUT2D eigenvalue weighted by molar-refractivity contribution is -0.125. The van der Waals surface area contributed by atoms with E-state index in [1.54, 1.807) is 0 Å². The molecule has 0 saturated carbocycles. The van der Waals surface area contributed by atoms with Crippen molar-refractivity contribution in [2.75, 3.05) is 13.1 Å². The van der Waals surface area contributed by atoms with Gasteiger partial charge in [-0.2, -0.15) is 0 Å². The van der Waals surface area contributed by atoms with Crippen LogP contribution in [0, 0.1) is 0 Å². The number of allylic oxidation sites excluding steroid dienone is 2. The lowest BCUT2D eigenvalue weighted by atomic mass is 10.1. The first kappa shape index (κ1) is 23.2. The van der Waals surface area contributed by atoms with Gasteiger partial charge in [0, 0.05) is 19.5 Å². The van der Waals surface area contributed by atoms with E-state index in [0.29, 0.717) is 5.91 Å². The maximum atomic E-state index is 11.5. The van der Waals surface area contributed by atoms with Crippen LogP contribution in [0.2, 0.25) is 0 Å². The van der Waals surface area contributed by atoms with Crippen LogP contribution in [0.3, 0.4) is 0 Å². The van der Waals surface area contributed by atoms with Crippen molar-refractivity contribution in [1.82, 2.24) is 4.90 Å². The molecule has 0 aliphatic carbocycles. The fraction of sp³-hybridized carbons (Fsp3) is 0.875. The third-order valence-corrected chi connectivity index (χ3v) is 5.45. The van der Waals surface area contributed by atoms with Gasteiger partial charge in [0.05, 0.1) is 0 Å². The van der Waals surface area contributed by atoms with Crippen molar-refractivity contribution in [3.8, 4) is 0 Å². The molecule has 0 unspecified atom stereocenters. The van der Waals surface area contributed by atoms with Gasteiger partial charge in [-0.25, -0.2) is 0 Å². The Balaban J connectivity index is 1.67. The summed E-state index contributed by atoms with van der Waals surface area (Å²) in [5, 5.41) is 0. The van der Waals surface area contributed by atoms with Crippen LogP contribution in [-0.4, -0.2) is 23.9 Å². The summed E-state index contributed by atoms with van der Waals surface area (Å²) in [4.78, 5) is 13.5. The Kier molecular flexibility index (Phi) is 15.8. The van der Waals surface area contributed by atoms with E-state index in [4.69, 9.17) is 0 Å². The molecular formula is C24H45NO. The first-order valence-electron chi connectivity index (χ1n) is 11.8. The molecule has 1 saturated heterocycles. The molecule has 1 rings (SSSR count). The van der Waals surface area contributed by atoms with Crippen molar-refractivity contribution in [2.24, 2.45) is 0 Å². The lowest BCUT2D eigenvalue weighted by Crippen LogP contribution is -2.09. The van der Waals surface area contributed by atoms with E-state index in [9.17, 15) is 4.79 Å². The van der Waals surface area contributed by atoms with Crippen molar-refractivity contribution in [1.29, 1.82) is 0 Å². The van der Waals surface area contributed by atoms with Crippen LogP contribution in [0.15, 0.2) is 12.2 Å². The van der Waals surface area contributed by atoms with Gasteiger partial charge in [0.15, 0.2) is 0 Å². The van der Waals surface area contributed by atoms with Gasteiger partial charge in [-0.15, -0.1) is 0 Å². The Morgan fingerprint density at radius 3 is 1.54 bits per heavy atom. The second-order valence-corrected chi connectivity index (χ2v) is 8.13. The fourth-order valence-electron chi connectivity index (χ4n) is 3.51. The average molecular weight is 364 g/mol. The number of nitrogens with zero attached hydrogens (tertiary/aromatic N) is 1. The molecule has 0 N–H and O–H groups in total. The highest BCUT2D eigenvalue weighted by Gasteiger charge is 2.22. The van der Waals surface area contributed by atoms with Crippen molar-refractivity contribution in [2.45, 2.75) is 122 Å². The van der Waals surface area contributed by atoms with Crippen molar-refractivity contribution in [3.05, 3.63) is 12.2 Å². The minimum absolute atomic E-state index is 0.381. The topological polar surface area (TPSA) is 20.1 Å². The fourth-order valence-corrected chi connectivity index (χ4v) is 3.51. The molecule has 0 aromatic rings. The quantitative estimate of drug-likeness (QED) is 0.133. The summed E-state index contributed by atoms with van der Waals surface area (Å²) in [5.41, 5.74) is 0. The second kappa shape index (κ2) is 17.6. The van der Waals surface area contributed by atoms with Gasteiger partial charge < -0.3 is 4.90 Å². The highest BCUT2D eigenvalue weighted by Crippen LogP contribution is 2.14. The number of carbonyl (C=O) groups is 1. The van der Waals surface area contributed by atoms with E-state index in [2.05, 4.69) is 19.1 Å². The largest absolute Gasteiger partial charge is 0.339 e. The van der Waals surface area contributed by atoms with Crippen LogP contribution >= 0.6 is 0 Å². The minimum atomic E-state index is 0.381. The molecule has 0 spiro atoms. The van der Waals surface area contributed by atoms with E-state index in [-0.39, 0.29) is 0 Å². The molecule has 0 radical (unpaired) electrons. The summed E-state index contributed by atoms with van der Waals surface area (Å²) in [6.45, 7) is 4.30. The summed E-state index contributed by atoms with van der Waals surface area (Å²) >= 11 is 0. The molecule has 2 nitrogen and oxygen atoms in total. The number of hydrogen-bond acceptors (Lipinski definition) is 1. The molecular weight excluding hydrogens is 318 g/mol. The standard InChI is InChI=1S/C24H45NO/c1-2-3-4-5-6-7-8-9-10-11-12-13-14-15-16-17-18-19-20-21-24(26)25-22-23-25/h9-10H,2-8,11-23H2,1H3. The zero-order valence-corrected chi connectivity index (χ0v) is 17.7. The van der Waals surface area contributed by atoms with E-state index in [1.165, 1.54) is 103 Å². The first-order valence-corrected chi connectivity index (χ1v) is 11.8. The average Bonchev–Trinajstić information content (AvgIpc) is 3.48. The van der Waals surface area contributed by atoms with Crippen LogP contribution in [-0.2, 0) is 4.79 Å². The summed E-state index contributed by atoms with van der Waals surface area (Å²) in [6.07, 6.45) is 28.5. The molecule has 0 aromatic carbocycles. The Hall–Kier alpha value is -0.790. The predicted molar refractivity (Wildman–Crippen MR) is 115 cm³/mol. The highest BCUT2D eigenvalue weighted by molar-refractivity contribution is 5.78. The molecule has 2 heteroatoms. The van der Waals surface area contributed by atoms with Crippen molar-refractivity contribution in [3.63, 3.8) is 0 Å². The number of amides is 1. The van der Waals surface area contributed by atoms with Crippen molar-refractivity contribution >= 4 is 5.91 Å². The van der Waals surface area contributed by atoms with Gasteiger partial charge in [-0.05, 0) is 32.1 Å². The zero-order valence-electron chi connectivity index (χ0n) is 17.7. The van der Waals surface area contributed by atoms with Crippen LogP contribution < -0.4 is 0 Å². The highest BCUT2D eigenvalue weighted by atomic mass is 16.2. The van der Waals surface area contributed by atoms with Gasteiger partial charge in [0.2, 0.25) is 5.91 Å². The first-order chi connectivity index (χ1) is 12.8. The summed E-state index contributed by atoms with van der Waals surface area (Å²) in [6, 6.07) is 0. The van der Waals surface area contributed by atoms with E-state index in [1.807, 2.05) is 4.90 Å². The van der Waals surface area contributed by atoms with Gasteiger partial charge in [0.1, 0.15) is 0 Å². The summed E-state index contributed by atoms with van der Waals surface area (Å²) in [5.74, 6) is 0.381. The summed E-state index contributed by atoms with van der Waals surface area (Å²) in [7, 11) is 0. The van der Waals surface area contributed by atoms with E-state index >= 15 is 0 Å². The van der Waals surface area contributed by atoms with Gasteiger partial charge >= 0.3 is 0 Å². The van der Waals surface area contributed by atoms with E-state index < -0.39 is 0 Å². The Bertz CT molecular complexity index is 346. The smallest absolute Gasteiger partial charge is 0.222 e. The van der Waals surface area contributed by atoms with Gasteiger partial charge in [-0.1, -0.05) is 96.1 Å². The number of hydrogen-bond donors (Lipinski definition) is 0. The Morgan fingerprint density at radius 1 is 0.654 bits per heavy atom. The Morgan fingerprint density at radius 2 is 1.08 bits per heavy atom. The minimum Gasteiger partial charge on any atom is -0.339 e. The second-order valence-electron chi connectivity index (χ2n) is 8.13. The Labute approximate surface area is 163 Å². The molecule has 1 heterocycles. The van der Waals surface area contributed by atoms with Crippen molar-refractivity contribution < 1.29 is 4.79 Å². The molecule has 152 valence electrons. The molecule has 1 aliphatic rings. The SMILES string of the molecule is CCCCCCCCC=CCCCCCCCCCCCC(=O)N1CC1. The van der Waals surface area contributed by atoms with Crippen LogP contribution in [0.1, 0.15) is 122 Å². The molecule has 0 aromatic heterocycles. The van der Waals surface area contributed by atoms with Crippen LogP contribution in [0.5, 0.6) is 0 Å². The normalized spacial score (nSPS) is 13.7. The third-order valence-electron chi connectivity index (χ3n) is 5.45. The molecule has 0 atom stereocenters. The maximum Gasteiger partial charge on any atom is 0.222 e. The van der Waals surface area contributed by atoms with Gasteiger partial charge in [-0.3, -0.25) is 4.79 Å². The number of rotatable bonds is 19. The number of unbranched alkanes of at least 4 members (excludes halogenated alkanes) is 15. The molecule has 26 heavy (non-hydrogen) atoms. The molecule has 1 amide bonds. The monoisotopic (exact) mass is 363 g/mol. The van der Waals surface area contributed by atoms with Crippen LogP contribution in [0.4, 0.5) is 0 Å².